The van der Waals surface area contributed by atoms with E-state index in [0.29, 0.717) is 6.10 Å². The van der Waals surface area contributed by atoms with E-state index in [-0.39, 0.29) is 0 Å². The van der Waals surface area contributed by atoms with Gasteiger partial charge in [0.15, 0.2) is 0 Å². The third-order valence-electron chi connectivity index (χ3n) is 5.06. The van der Waals surface area contributed by atoms with Crippen molar-refractivity contribution in [1.29, 1.82) is 0 Å². The number of thiophene rings is 1. The average Bonchev–Trinajstić information content (AvgIpc) is 3.35. The Hall–Kier alpha value is -1.99. The molecule has 1 fully saturated rings. The van der Waals surface area contributed by atoms with Crippen molar-refractivity contribution in [3.63, 3.8) is 0 Å². The zero-order valence-corrected chi connectivity index (χ0v) is 14.9. The van der Waals surface area contributed by atoms with E-state index in [1.807, 2.05) is 28.4 Å². The summed E-state index contributed by atoms with van der Waals surface area (Å²) in [5.74, 6) is 0.904. The summed E-state index contributed by atoms with van der Waals surface area (Å²) < 4.78 is 7.65. The van der Waals surface area contributed by atoms with Crippen LogP contribution < -0.4 is 5.32 Å². The maximum Gasteiger partial charge on any atom is 0.142 e. The molecule has 1 aliphatic carbocycles. The van der Waals surface area contributed by atoms with Crippen LogP contribution in [0.15, 0.2) is 18.7 Å². The van der Waals surface area contributed by atoms with Gasteiger partial charge in [-0.25, -0.2) is 9.97 Å². The Morgan fingerprint density at radius 1 is 1.24 bits per heavy atom. The predicted octanol–water partition coefficient (Wildman–Crippen LogP) is 3.69. The number of anilines is 2. The number of ether oxygens (including phenoxy) is 1. The quantitative estimate of drug-likeness (QED) is 0.773. The molecule has 0 bridgehead atoms. The maximum atomic E-state index is 5.69. The molecule has 130 valence electrons. The third-order valence-corrected chi connectivity index (χ3v) is 6.26. The van der Waals surface area contributed by atoms with Gasteiger partial charge in [0.1, 0.15) is 17.0 Å². The fourth-order valence-electron chi connectivity index (χ4n) is 3.85. The van der Waals surface area contributed by atoms with Gasteiger partial charge < -0.3 is 10.1 Å². The van der Waals surface area contributed by atoms with E-state index >= 15 is 0 Å². The minimum atomic E-state index is 0.294. The Kier molecular flexibility index (Phi) is 3.90. The molecule has 0 unspecified atom stereocenters. The first-order valence-electron chi connectivity index (χ1n) is 9.03. The van der Waals surface area contributed by atoms with E-state index < -0.39 is 0 Å². The molecule has 3 aromatic heterocycles. The smallest absolute Gasteiger partial charge is 0.142 e. The van der Waals surface area contributed by atoms with Crippen LogP contribution in [0.25, 0.3) is 10.2 Å². The first-order valence-corrected chi connectivity index (χ1v) is 9.85. The van der Waals surface area contributed by atoms with Gasteiger partial charge in [0, 0.05) is 17.7 Å². The van der Waals surface area contributed by atoms with Gasteiger partial charge in [-0.15, -0.1) is 11.3 Å². The van der Waals surface area contributed by atoms with E-state index in [9.17, 15) is 0 Å². The molecule has 4 heterocycles. The second-order valence-corrected chi connectivity index (χ2v) is 7.91. The van der Waals surface area contributed by atoms with Crippen LogP contribution in [-0.4, -0.2) is 32.5 Å². The lowest BCUT2D eigenvalue weighted by Crippen LogP contribution is -2.15. The molecule has 5 rings (SSSR count). The van der Waals surface area contributed by atoms with Crippen LogP contribution in [0.4, 0.5) is 11.5 Å². The molecule has 25 heavy (non-hydrogen) atoms. The zero-order chi connectivity index (χ0) is 16.6. The molecule has 2 aliphatic rings. The molecule has 1 N–H and O–H groups in total. The van der Waals surface area contributed by atoms with Crippen molar-refractivity contribution in [3.8, 4) is 0 Å². The van der Waals surface area contributed by atoms with Crippen molar-refractivity contribution in [1.82, 2.24) is 19.7 Å². The van der Waals surface area contributed by atoms with Crippen LogP contribution >= 0.6 is 11.3 Å². The highest BCUT2D eigenvalue weighted by atomic mass is 32.1. The highest BCUT2D eigenvalue weighted by Crippen LogP contribution is 2.38. The number of aromatic nitrogens is 4. The molecule has 1 saturated heterocycles. The molecular formula is C18H21N5OS. The van der Waals surface area contributed by atoms with E-state index in [1.54, 1.807) is 6.33 Å². The van der Waals surface area contributed by atoms with Crippen molar-refractivity contribution in [2.24, 2.45) is 0 Å². The summed E-state index contributed by atoms with van der Waals surface area (Å²) in [7, 11) is 0. The van der Waals surface area contributed by atoms with Gasteiger partial charge in [0.2, 0.25) is 0 Å². The fraction of sp³-hybridized carbons (Fsp3) is 0.500. The number of rotatable bonds is 4. The highest BCUT2D eigenvalue weighted by molar-refractivity contribution is 7.19. The van der Waals surface area contributed by atoms with Gasteiger partial charge in [0.25, 0.3) is 0 Å². The molecule has 7 heteroatoms. The Morgan fingerprint density at radius 2 is 2.20 bits per heavy atom. The Bertz CT molecular complexity index is 896. The van der Waals surface area contributed by atoms with Gasteiger partial charge in [-0.1, -0.05) is 0 Å². The van der Waals surface area contributed by atoms with Gasteiger partial charge >= 0.3 is 0 Å². The maximum absolute atomic E-state index is 5.69. The zero-order valence-electron chi connectivity index (χ0n) is 14.1. The van der Waals surface area contributed by atoms with Gasteiger partial charge in [0.05, 0.1) is 29.9 Å². The van der Waals surface area contributed by atoms with Crippen molar-refractivity contribution in [2.45, 2.75) is 51.2 Å². The molecular weight excluding hydrogens is 334 g/mol. The minimum Gasteiger partial charge on any atom is -0.376 e. The Morgan fingerprint density at radius 3 is 3.12 bits per heavy atom. The Labute approximate surface area is 150 Å². The molecule has 3 aromatic rings. The summed E-state index contributed by atoms with van der Waals surface area (Å²) in [6, 6.07) is 0. The molecule has 0 saturated carbocycles. The van der Waals surface area contributed by atoms with Crippen molar-refractivity contribution >= 4 is 33.1 Å². The monoisotopic (exact) mass is 355 g/mol. The number of aryl methyl sites for hydroxylation is 2. The van der Waals surface area contributed by atoms with Crippen LogP contribution in [0, 0.1) is 0 Å². The SMILES string of the molecule is c1nc(Nc2cnn(C[C@@H]3CCCO3)c2)c2c3c(sc2n1)CCCC3. The number of nitrogens with zero attached hydrogens (tertiary/aromatic N) is 4. The number of hydrogen-bond acceptors (Lipinski definition) is 6. The lowest BCUT2D eigenvalue weighted by molar-refractivity contribution is 0.0940. The van der Waals surface area contributed by atoms with Gasteiger partial charge in [-0.3, -0.25) is 4.68 Å². The number of nitrogens with one attached hydrogen (secondary N) is 1. The van der Waals surface area contributed by atoms with Crippen LogP contribution in [0.3, 0.4) is 0 Å². The van der Waals surface area contributed by atoms with Gasteiger partial charge in [-0.2, -0.15) is 5.10 Å². The van der Waals surface area contributed by atoms with Crippen molar-refractivity contribution in [3.05, 3.63) is 29.2 Å². The van der Waals surface area contributed by atoms with Gasteiger partial charge in [-0.05, 0) is 44.1 Å². The molecule has 0 spiro atoms. The lowest BCUT2D eigenvalue weighted by atomic mass is 9.97. The van der Waals surface area contributed by atoms with Crippen LogP contribution in [0.2, 0.25) is 0 Å². The predicted molar refractivity (Wildman–Crippen MR) is 98.5 cm³/mol. The second kappa shape index (κ2) is 6.38. The summed E-state index contributed by atoms with van der Waals surface area (Å²) in [6.45, 7) is 1.69. The minimum absolute atomic E-state index is 0.294. The largest absolute Gasteiger partial charge is 0.376 e. The summed E-state index contributed by atoms with van der Waals surface area (Å²) in [4.78, 5) is 11.6. The van der Waals surface area contributed by atoms with Crippen molar-refractivity contribution < 1.29 is 4.74 Å². The lowest BCUT2D eigenvalue weighted by Gasteiger charge is -2.12. The standard InChI is InChI=1S/C18H21N5OS/c1-2-6-15-14(5-1)16-17(19-11-20-18(16)25-15)22-12-8-21-23(9-12)10-13-4-3-7-24-13/h8-9,11,13H,1-7,10H2,(H,19,20,22)/t13-/m0/s1. The van der Waals surface area contributed by atoms with Crippen molar-refractivity contribution in [2.75, 3.05) is 11.9 Å². The number of hydrogen-bond donors (Lipinski definition) is 1. The molecule has 1 atom stereocenters. The third kappa shape index (κ3) is 2.91. The van der Waals surface area contributed by atoms with Crippen LogP contribution in [0.1, 0.15) is 36.1 Å². The first kappa shape index (κ1) is 15.3. The number of fused-ring (bicyclic) bond motifs is 3. The topological polar surface area (TPSA) is 64.9 Å². The summed E-state index contributed by atoms with van der Waals surface area (Å²) in [6.07, 6.45) is 13.0. The Balaban J connectivity index is 1.42. The normalized spacial score (nSPS) is 20.1. The average molecular weight is 355 g/mol. The summed E-state index contributed by atoms with van der Waals surface area (Å²) in [5.41, 5.74) is 2.41. The van der Waals surface area contributed by atoms with Crippen LogP contribution in [0.5, 0.6) is 0 Å². The first-order chi connectivity index (χ1) is 12.4. The van der Waals surface area contributed by atoms with Crippen LogP contribution in [-0.2, 0) is 24.1 Å². The summed E-state index contributed by atoms with van der Waals surface area (Å²) in [5, 5.41) is 9.13. The fourth-order valence-corrected chi connectivity index (χ4v) is 5.08. The highest BCUT2D eigenvalue weighted by Gasteiger charge is 2.20. The van der Waals surface area contributed by atoms with E-state index in [4.69, 9.17) is 4.74 Å². The van der Waals surface area contributed by atoms with E-state index in [2.05, 4.69) is 20.4 Å². The second-order valence-electron chi connectivity index (χ2n) is 6.82. The molecule has 0 aromatic carbocycles. The summed E-state index contributed by atoms with van der Waals surface area (Å²) >= 11 is 1.82. The molecule has 1 aliphatic heterocycles. The molecule has 0 radical (unpaired) electrons. The molecule has 0 amide bonds. The molecule has 6 nitrogen and oxygen atoms in total. The van der Waals surface area contributed by atoms with E-state index in [0.717, 1.165) is 48.7 Å². The van der Waals surface area contributed by atoms with E-state index in [1.165, 1.54) is 35.1 Å².